The molecular weight excluding hydrogens is 328 g/mol. The van der Waals surface area contributed by atoms with Crippen LogP contribution >= 0.6 is 11.6 Å². The first-order chi connectivity index (χ1) is 11.6. The number of nitrogens with one attached hydrogen (secondary N) is 1. The van der Waals surface area contributed by atoms with Crippen molar-refractivity contribution < 1.29 is 14.3 Å². The minimum absolute atomic E-state index is 0.0425. The second-order valence-corrected chi connectivity index (χ2v) is 6.53. The van der Waals surface area contributed by atoms with Gasteiger partial charge in [-0.15, -0.1) is 0 Å². The van der Waals surface area contributed by atoms with Crippen molar-refractivity contribution in [1.82, 2.24) is 4.98 Å². The molecule has 0 atom stereocenters. The number of carbonyl (C=O) groups excluding carboxylic acids is 2. The highest BCUT2D eigenvalue weighted by atomic mass is 35.5. The van der Waals surface area contributed by atoms with Crippen LogP contribution in [0.25, 0.3) is 10.9 Å². The van der Waals surface area contributed by atoms with E-state index in [0.717, 1.165) is 10.9 Å². The lowest BCUT2D eigenvalue weighted by Gasteiger charge is -2.25. The molecule has 1 heterocycles. The Kier molecular flexibility index (Phi) is 5.00. The van der Waals surface area contributed by atoms with E-state index in [2.05, 4.69) is 10.3 Å². The fraction of sp³-hybridized carbons (Fsp3) is 0.389. The van der Waals surface area contributed by atoms with E-state index in [1.54, 1.807) is 12.1 Å². The van der Waals surface area contributed by atoms with Gasteiger partial charge in [-0.05, 0) is 56.0 Å². The van der Waals surface area contributed by atoms with Gasteiger partial charge in [0, 0.05) is 16.3 Å². The molecule has 0 unspecified atom stereocenters. The van der Waals surface area contributed by atoms with Gasteiger partial charge in [-0.3, -0.25) is 9.59 Å². The lowest BCUT2D eigenvalue weighted by atomic mass is 9.81. The number of halogens is 1. The number of pyridine rings is 1. The normalized spacial score (nSPS) is 20.6. The molecule has 6 heteroatoms. The molecule has 3 rings (SSSR count). The second kappa shape index (κ2) is 7.18. The van der Waals surface area contributed by atoms with Crippen LogP contribution in [0.5, 0.6) is 0 Å². The van der Waals surface area contributed by atoms with Crippen molar-refractivity contribution in [2.24, 2.45) is 11.8 Å². The number of amides is 1. The molecule has 2 aromatic rings. The van der Waals surface area contributed by atoms with E-state index in [-0.39, 0.29) is 23.7 Å². The largest absolute Gasteiger partial charge is 0.469 e. The number of hydrogen-bond acceptors (Lipinski definition) is 4. The van der Waals surface area contributed by atoms with Gasteiger partial charge in [0.25, 0.3) is 0 Å². The third kappa shape index (κ3) is 3.67. The second-order valence-electron chi connectivity index (χ2n) is 6.09. The van der Waals surface area contributed by atoms with Crippen LogP contribution in [0.1, 0.15) is 25.7 Å². The first kappa shape index (κ1) is 16.7. The minimum atomic E-state index is -0.177. The number of carbonyl (C=O) groups is 2. The molecule has 1 fully saturated rings. The molecule has 0 bridgehead atoms. The zero-order valence-corrected chi connectivity index (χ0v) is 14.2. The molecule has 1 aromatic carbocycles. The number of methoxy groups -OCH3 is 1. The molecule has 1 saturated carbocycles. The summed E-state index contributed by atoms with van der Waals surface area (Å²) < 4.78 is 4.77. The van der Waals surface area contributed by atoms with E-state index in [0.29, 0.717) is 36.5 Å². The van der Waals surface area contributed by atoms with E-state index >= 15 is 0 Å². The molecule has 1 aliphatic carbocycles. The third-order valence-electron chi connectivity index (χ3n) is 4.54. The maximum Gasteiger partial charge on any atom is 0.308 e. The molecular formula is C18H19ClN2O3. The Morgan fingerprint density at radius 1 is 1.12 bits per heavy atom. The smallest absolute Gasteiger partial charge is 0.308 e. The van der Waals surface area contributed by atoms with Crippen LogP contribution in [0.4, 0.5) is 5.82 Å². The van der Waals surface area contributed by atoms with Crippen molar-refractivity contribution >= 4 is 40.2 Å². The van der Waals surface area contributed by atoms with Crippen molar-refractivity contribution in [3.05, 3.63) is 35.4 Å². The fourth-order valence-electron chi connectivity index (χ4n) is 3.15. The summed E-state index contributed by atoms with van der Waals surface area (Å²) in [7, 11) is 1.40. The Balaban J connectivity index is 1.63. The van der Waals surface area contributed by atoms with Gasteiger partial charge < -0.3 is 10.1 Å². The van der Waals surface area contributed by atoms with Gasteiger partial charge in [-0.25, -0.2) is 4.98 Å². The summed E-state index contributed by atoms with van der Waals surface area (Å²) in [6.45, 7) is 0. The van der Waals surface area contributed by atoms with Gasteiger partial charge in [-0.1, -0.05) is 11.6 Å². The lowest BCUT2D eigenvalue weighted by Crippen LogP contribution is -2.30. The first-order valence-corrected chi connectivity index (χ1v) is 8.39. The number of ether oxygens (including phenoxy) is 1. The summed E-state index contributed by atoms with van der Waals surface area (Å²) in [4.78, 5) is 28.4. The molecule has 126 valence electrons. The molecule has 0 spiro atoms. The van der Waals surface area contributed by atoms with Crippen LogP contribution in [-0.4, -0.2) is 24.0 Å². The highest BCUT2D eigenvalue weighted by molar-refractivity contribution is 6.31. The summed E-state index contributed by atoms with van der Waals surface area (Å²) in [6.07, 6.45) is 2.76. The average Bonchev–Trinajstić information content (AvgIpc) is 2.61. The van der Waals surface area contributed by atoms with Crippen molar-refractivity contribution in [1.29, 1.82) is 0 Å². The Bertz CT molecular complexity index is 770. The number of benzene rings is 1. The maximum atomic E-state index is 12.4. The predicted octanol–water partition coefficient (Wildman–Crippen LogP) is 3.81. The number of nitrogens with zero attached hydrogens (tertiary/aromatic N) is 1. The lowest BCUT2D eigenvalue weighted by molar-refractivity contribution is -0.147. The third-order valence-corrected chi connectivity index (χ3v) is 4.77. The van der Waals surface area contributed by atoms with Crippen LogP contribution in [-0.2, 0) is 14.3 Å². The monoisotopic (exact) mass is 346 g/mol. The summed E-state index contributed by atoms with van der Waals surface area (Å²) in [5.41, 5.74) is 0.784. The highest BCUT2D eigenvalue weighted by Crippen LogP contribution is 2.30. The number of anilines is 1. The Morgan fingerprint density at radius 3 is 2.54 bits per heavy atom. The van der Waals surface area contributed by atoms with E-state index < -0.39 is 0 Å². The van der Waals surface area contributed by atoms with Crippen LogP contribution in [0, 0.1) is 11.8 Å². The zero-order chi connectivity index (χ0) is 17.1. The van der Waals surface area contributed by atoms with Crippen molar-refractivity contribution in [2.75, 3.05) is 12.4 Å². The van der Waals surface area contributed by atoms with Gasteiger partial charge in [-0.2, -0.15) is 0 Å². The summed E-state index contributed by atoms with van der Waals surface area (Å²) >= 11 is 5.96. The predicted molar refractivity (Wildman–Crippen MR) is 92.8 cm³/mol. The summed E-state index contributed by atoms with van der Waals surface area (Å²) in [6, 6.07) is 9.10. The van der Waals surface area contributed by atoms with Gasteiger partial charge in [0.05, 0.1) is 18.5 Å². The van der Waals surface area contributed by atoms with Crippen LogP contribution in [0.15, 0.2) is 30.3 Å². The van der Waals surface area contributed by atoms with Crippen LogP contribution in [0.2, 0.25) is 5.02 Å². The van der Waals surface area contributed by atoms with Gasteiger partial charge in [0.2, 0.25) is 5.91 Å². The van der Waals surface area contributed by atoms with E-state index in [4.69, 9.17) is 16.3 Å². The quantitative estimate of drug-likeness (QED) is 0.858. The number of esters is 1. The number of rotatable bonds is 3. The standard InChI is InChI=1S/C18H19ClN2O3/c1-24-18(23)12-4-2-11(3-5-12)17(22)21-16-9-6-13-10-14(19)7-8-15(13)20-16/h6-12H,2-5H2,1H3,(H,20,21,22). The number of fused-ring (bicyclic) bond motifs is 1. The molecule has 0 radical (unpaired) electrons. The van der Waals surface area contributed by atoms with Gasteiger partial charge >= 0.3 is 5.97 Å². The topological polar surface area (TPSA) is 68.3 Å². The first-order valence-electron chi connectivity index (χ1n) is 8.02. The zero-order valence-electron chi connectivity index (χ0n) is 13.4. The van der Waals surface area contributed by atoms with E-state index in [9.17, 15) is 9.59 Å². The highest BCUT2D eigenvalue weighted by Gasteiger charge is 2.30. The molecule has 0 saturated heterocycles. The van der Waals surface area contributed by atoms with Crippen molar-refractivity contribution in [3.63, 3.8) is 0 Å². The molecule has 5 nitrogen and oxygen atoms in total. The molecule has 0 aliphatic heterocycles. The molecule has 1 aliphatic rings. The SMILES string of the molecule is COC(=O)C1CCC(C(=O)Nc2ccc3cc(Cl)ccc3n2)CC1. The number of aromatic nitrogens is 1. The van der Waals surface area contributed by atoms with E-state index in [1.807, 2.05) is 18.2 Å². The van der Waals surface area contributed by atoms with Crippen molar-refractivity contribution in [2.45, 2.75) is 25.7 Å². The fourth-order valence-corrected chi connectivity index (χ4v) is 3.33. The van der Waals surface area contributed by atoms with Crippen LogP contribution in [0.3, 0.4) is 0 Å². The Morgan fingerprint density at radius 2 is 1.83 bits per heavy atom. The van der Waals surface area contributed by atoms with Crippen LogP contribution < -0.4 is 5.32 Å². The molecule has 24 heavy (non-hydrogen) atoms. The Hall–Kier alpha value is -2.14. The summed E-state index contributed by atoms with van der Waals surface area (Å²) in [5.74, 6) is 0.143. The Labute approximate surface area is 145 Å². The number of hydrogen-bond donors (Lipinski definition) is 1. The summed E-state index contributed by atoms with van der Waals surface area (Å²) in [5, 5.41) is 4.46. The van der Waals surface area contributed by atoms with Gasteiger partial charge in [0.15, 0.2) is 0 Å². The van der Waals surface area contributed by atoms with Gasteiger partial charge in [0.1, 0.15) is 5.82 Å². The molecule has 1 amide bonds. The maximum absolute atomic E-state index is 12.4. The molecule has 1 aromatic heterocycles. The minimum Gasteiger partial charge on any atom is -0.469 e. The van der Waals surface area contributed by atoms with E-state index in [1.165, 1.54) is 7.11 Å². The average molecular weight is 347 g/mol. The molecule has 1 N–H and O–H groups in total. The van der Waals surface area contributed by atoms with Crippen molar-refractivity contribution in [3.8, 4) is 0 Å².